The zero-order chi connectivity index (χ0) is 19.3. The number of nitrogens with one attached hydrogen (secondary N) is 1. The average molecular weight is 374 g/mol. The molecule has 1 N–H and O–H groups in total. The smallest absolute Gasteiger partial charge is 0.277 e. The summed E-state index contributed by atoms with van der Waals surface area (Å²) >= 11 is 0. The van der Waals surface area contributed by atoms with Crippen molar-refractivity contribution in [2.45, 2.75) is 0 Å². The number of carbonyl (C=O) groups excluding carboxylic acids is 1. The van der Waals surface area contributed by atoms with Gasteiger partial charge in [0.05, 0.1) is 5.69 Å². The largest absolute Gasteiger partial charge is 0.455 e. The highest BCUT2D eigenvalue weighted by molar-refractivity contribution is 6.04. The number of hydrogen-bond acceptors (Lipinski definition) is 4. The van der Waals surface area contributed by atoms with E-state index in [4.69, 9.17) is 9.26 Å². The first-order chi connectivity index (χ1) is 13.7. The molecular formula is C22H15FN2O3. The highest BCUT2D eigenvalue weighted by Gasteiger charge is 2.16. The first kappa shape index (κ1) is 17.5. The number of carbonyl (C=O) groups is 1. The number of anilines is 1. The molecule has 6 heteroatoms. The molecule has 138 valence electrons. The van der Waals surface area contributed by atoms with Crippen molar-refractivity contribution in [2.75, 3.05) is 5.32 Å². The van der Waals surface area contributed by atoms with Gasteiger partial charge in [0.25, 0.3) is 5.91 Å². The van der Waals surface area contributed by atoms with Crippen LogP contribution in [-0.4, -0.2) is 11.1 Å². The molecule has 0 bridgehead atoms. The van der Waals surface area contributed by atoms with Gasteiger partial charge in [0.1, 0.15) is 11.6 Å². The van der Waals surface area contributed by atoms with E-state index in [-0.39, 0.29) is 11.5 Å². The Bertz CT molecular complexity index is 1090. The molecule has 0 radical (unpaired) electrons. The number of halogens is 1. The third-order valence-corrected chi connectivity index (χ3v) is 3.98. The molecule has 4 rings (SSSR count). The van der Waals surface area contributed by atoms with Crippen LogP contribution in [0.3, 0.4) is 0 Å². The van der Waals surface area contributed by atoms with Crippen LogP contribution in [0.2, 0.25) is 0 Å². The minimum absolute atomic E-state index is 0.105. The van der Waals surface area contributed by atoms with Crippen LogP contribution in [0.25, 0.3) is 11.3 Å². The van der Waals surface area contributed by atoms with E-state index >= 15 is 0 Å². The second kappa shape index (κ2) is 7.75. The van der Waals surface area contributed by atoms with E-state index in [0.717, 1.165) is 0 Å². The normalized spacial score (nSPS) is 10.5. The summed E-state index contributed by atoms with van der Waals surface area (Å²) in [5.41, 5.74) is 1.23. The molecule has 1 amide bonds. The van der Waals surface area contributed by atoms with Crippen molar-refractivity contribution in [1.29, 1.82) is 0 Å². The van der Waals surface area contributed by atoms with Gasteiger partial charge in [-0.15, -0.1) is 0 Å². The summed E-state index contributed by atoms with van der Waals surface area (Å²) in [6.45, 7) is 0. The molecule has 0 spiro atoms. The average Bonchev–Trinajstić information content (AvgIpc) is 3.21. The van der Waals surface area contributed by atoms with Gasteiger partial charge in [-0.2, -0.15) is 0 Å². The van der Waals surface area contributed by atoms with Crippen LogP contribution in [-0.2, 0) is 0 Å². The van der Waals surface area contributed by atoms with Crippen molar-refractivity contribution in [1.82, 2.24) is 5.16 Å². The zero-order valence-corrected chi connectivity index (χ0v) is 14.6. The van der Waals surface area contributed by atoms with Gasteiger partial charge < -0.3 is 14.6 Å². The Hall–Kier alpha value is -3.93. The Morgan fingerprint density at radius 2 is 1.64 bits per heavy atom. The van der Waals surface area contributed by atoms with Crippen molar-refractivity contribution in [3.63, 3.8) is 0 Å². The molecule has 5 nitrogen and oxygen atoms in total. The first-order valence-electron chi connectivity index (χ1n) is 8.55. The summed E-state index contributed by atoms with van der Waals surface area (Å²) in [4.78, 5) is 12.6. The van der Waals surface area contributed by atoms with Crippen LogP contribution in [0.5, 0.6) is 11.5 Å². The Morgan fingerprint density at radius 1 is 0.929 bits per heavy atom. The molecule has 0 aliphatic heterocycles. The molecule has 28 heavy (non-hydrogen) atoms. The van der Waals surface area contributed by atoms with E-state index in [1.807, 2.05) is 36.4 Å². The van der Waals surface area contributed by atoms with Gasteiger partial charge in [-0.1, -0.05) is 35.5 Å². The standard InChI is InChI=1S/C22H15FN2O3/c23-16-12-10-15(11-13-16)21-14-19(25-28-21)22(26)24-18-8-4-5-9-20(18)27-17-6-2-1-3-7-17/h1-14H,(H,24,26). The molecule has 0 saturated heterocycles. The number of amides is 1. The summed E-state index contributed by atoms with van der Waals surface area (Å²) in [5, 5.41) is 6.58. The van der Waals surface area contributed by atoms with Crippen molar-refractivity contribution in [2.24, 2.45) is 0 Å². The topological polar surface area (TPSA) is 64.4 Å². The van der Waals surface area contributed by atoms with Crippen LogP contribution in [0.4, 0.5) is 10.1 Å². The zero-order valence-electron chi connectivity index (χ0n) is 14.6. The van der Waals surface area contributed by atoms with E-state index in [1.165, 1.54) is 18.2 Å². The van der Waals surface area contributed by atoms with Gasteiger partial charge in [-0.3, -0.25) is 4.79 Å². The van der Waals surface area contributed by atoms with E-state index in [1.54, 1.807) is 30.3 Å². The number of para-hydroxylation sites is 3. The Balaban J connectivity index is 1.52. The maximum Gasteiger partial charge on any atom is 0.277 e. The van der Waals surface area contributed by atoms with Crippen LogP contribution in [0, 0.1) is 5.82 Å². The Kier molecular flexibility index (Phi) is 4.84. The molecular weight excluding hydrogens is 359 g/mol. The molecule has 0 aliphatic rings. The SMILES string of the molecule is O=C(Nc1ccccc1Oc1ccccc1)c1cc(-c2ccc(F)cc2)on1. The van der Waals surface area contributed by atoms with Crippen LogP contribution < -0.4 is 10.1 Å². The summed E-state index contributed by atoms with van der Waals surface area (Å²) < 4.78 is 24.1. The second-order valence-corrected chi connectivity index (χ2v) is 5.95. The lowest BCUT2D eigenvalue weighted by molar-refractivity contribution is 0.101. The van der Waals surface area contributed by atoms with Gasteiger partial charge >= 0.3 is 0 Å². The molecule has 1 aromatic heterocycles. The van der Waals surface area contributed by atoms with Crippen molar-refractivity contribution >= 4 is 11.6 Å². The molecule has 0 atom stereocenters. The van der Waals surface area contributed by atoms with E-state index in [0.29, 0.717) is 28.5 Å². The van der Waals surface area contributed by atoms with Gasteiger partial charge in [-0.05, 0) is 48.5 Å². The molecule has 0 saturated carbocycles. The maximum atomic E-state index is 13.1. The van der Waals surface area contributed by atoms with Gasteiger partial charge in [0.2, 0.25) is 0 Å². The molecule has 0 aliphatic carbocycles. The van der Waals surface area contributed by atoms with Gasteiger partial charge in [0.15, 0.2) is 17.2 Å². The Morgan fingerprint density at radius 3 is 2.43 bits per heavy atom. The van der Waals surface area contributed by atoms with Crippen LogP contribution in [0.15, 0.2) is 89.5 Å². The number of benzene rings is 3. The highest BCUT2D eigenvalue weighted by Crippen LogP contribution is 2.29. The predicted molar refractivity (Wildman–Crippen MR) is 103 cm³/mol. The minimum Gasteiger partial charge on any atom is -0.455 e. The van der Waals surface area contributed by atoms with Crippen LogP contribution >= 0.6 is 0 Å². The van der Waals surface area contributed by atoms with Crippen molar-refractivity contribution in [3.8, 4) is 22.8 Å². The molecule has 3 aromatic carbocycles. The fraction of sp³-hybridized carbons (Fsp3) is 0. The maximum absolute atomic E-state index is 13.1. The molecule has 4 aromatic rings. The summed E-state index contributed by atoms with van der Waals surface area (Å²) in [5.74, 6) is 0.741. The lowest BCUT2D eigenvalue weighted by atomic mass is 10.1. The van der Waals surface area contributed by atoms with E-state index < -0.39 is 5.91 Å². The number of hydrogen-bond donors (Lipinski definition) is 1. The lowest BCUT2D eigenvalue weighted by Gasteiger charge is -2.11. The third kappa shape index (κ3) is 3.91. The van der Waals surface area contributed by atoms with Gasteiger partial charge in [0, 0.05) is 11.6 Å². The molecule has 0 fully saturated rings. The molecule has 1 heterocycles. The monoisotopic (exact) mass is 374 g/mol. The number of aromatic nitrogens is 1. The highest BCUT2D eigenvalue weighted by atomic mass is 19.1. The van der Waals surface area contributed by atoms with Crippen molar-refractivity contribution in [3.05, 3.63) is 96.4 Å². The number of ether oxygens (including phenoxy) is 1. The third-order valence-electron chi connectivity index (χ3n) is 3.98. The quantitative estimate of drug-likeness (QED) is 0.499. The van der Waals surface area contributed by atoms with Crippen LogP contribution in [0.1, 0.15) is 10.5 Å². The van der Waals surface area contributed by atoms with Crippen molar-refractivity contribution < 1.29 is 18.4 Å². The van der Waals surface area contributed by atoms with E-state index in [9.17, 15) is 9.18 Å². The fourth-order valence-electron chi connectivity index (χ4n) is 2.59. The summed E-state index contributed by atoms with van der Waals surface area (Å²) in [7, 11) is 0. The lowest BCUT2D eigenvalue weighted by Crippen LogP contribution is -2.12. The summed E-state index contributed by atoms with van der Waals surface area (Å²) in [6.07, 6.45) is 0. The number of rotatable bonds is 5. The van der Waals surface area contributed by atoms with Gasteiger partial charge in [-0.25, -0.2) is 4.39 Å². The Labute approximate surface area is 160 Å². The minimum atomic E-state index is -0.443. The summed E-state index contributed by atoms with van der Waals surface area (Å²) in [6, 6.07) is 23.6. The fourth-order valence-corrected chi connectivity index (χ4v) is 2.59. The second-order valence-electron chi connectivity index (χ2n) is 5.95. The first-order valence-corrected chi connectivity index (χ1v) is 8.55. The predicted octanol–water partition coefficient (Wildman–Crippen LogP) is 5.53. The number of nitrogens with zero attached hydrogens (tertiary/aromatic N) is 1. The molecule has 0 unspecified atom stereocenters. The van der Waals surface area contributed by atoms with E-state index in [2.05, 4.69) is 10.5 Å².